The van der Waals surface area contributed by atoms with Crippen LogP contribution in [0.5, 0.6) is 0 Å². The van der Waals surface area contributed by atoms with E-state index in [-0.39, 0.29) is 24.0 Å². The van der Waals surface area contributed by atoms with Gasteiger partial charge in [0.1, 0.15) is 0 Å². The Kier molecular flexibility index (Phi) is 9.06. The molecule has 3 rings (SSSR count). The predicted octanol–water partition coefficient (Wildman–Crippen LogP) is 2.68. The Morgan fingerprint density at radius 3 is 2.74 bits per heavy atom. The summed E-state index contributed by atoms with van der Waals surface area (Å²) in [5.74, 6) is 0.890. The largest absolute Gasteiger partial charge is 0.356 e. The van der Waals surface area contributed by atoms with Crippen LogP contribution in [0.2, 0.25) is 0 Å². The smallest absolute Gasteiger partial charge is 0.191 e. The van der Waals surface area contributed by atoms with Crippen molar-refractivity contribution < 1.29 is 0 Å². The maximum Gasteiger partial charge on any atom is 0.191 e. The molecule has 2 aromatic rings. The third-order valence-electron chi connectivity index (χ3n) is 5.05. The molecule has 1 unspecified atom stereocenters. The number of hydrogen-bond acceptors (Lipinski definition) is 3. The Morgan fingerprint density at radius 1 is 1.26 bits per heavy atom. The van der Waals surface area contributed by atoms with Crippen molar-refractivity contribution in [2.45, 2.75) is 32.2 Å². The SMILES string of the molecule is CCN1CCCC1CNC(=NC)NCCc1ccc(-n2cccn2)cc1.I. The molecule has 1 fully saturated rings. The summed E-state index contributed by atoms with van der Waals surface area (Å²) in [6.45, 7) is 6.42. The number of guanidine groups is 1. The van der Waals surface area contributed by atoms with Crippen LogP contribution in [-0.2, 0) is 6.42 Å². The zero-order valence-corrected chi connectivity index (χ0v) is 18.6. The summed E-state index contributed by atoms with van der Waals surface area (Å²) in [5, 5.41) is 11.1. The van der Waals surface area contributed by atoms with E-state index in [2.05, 4.69) is 56.8 Å². The lowest BCUT2D eigenvalue weighted by Gasteiger charge is -2.24. The average molecular weight is 482 g/mol. The lowest BCUT2D eigenvalue weighted by Crippen LogP contribution is -2.45. The fraction of sp³-hybridized carbons (Fsp3) is 0.500. The first-order valence-corrected chi connectivity index (χ1v) is 9.57. The minimum Gasteiger partial charge on any atom is -0.356 e. The molecule has 1 atom stereocenters. The van der Waals surface area contributed by atoms with Gasteiger partial charge in [0.25, 0.3) is 0 Å². The summed E-state index contributed by atoms with van der Waals surface area (Å²) in [4.78, 5) is 6.89. The summed E-state index contributed by atoms with van der Waals surface area (Å²) in [7, 11) is 1.83. The standard InChI is InChI=1S/C20H30N6.HI/c1-3-25-14-4-6-19(25)16-23-20(21-2)22-13-11-17-7-9-18(10-8-17)26-15-5-12-24-26;/h5,7-10,12,15,19H,3-4,6,11,13-14,16H2,1-2H3,(H2,21,22,23);1H. The van der Waals surface area contributed by atoms with Gasteiger partial charge < -0.3 is 10.6 Å². The van der Waals surface area contributed by atoms with Crippen LogP contribution in [0.1, 0.15) is 25.3 Å². The molecule has 1 aromatic carbocycles. The highest BCUT2D eigenvalue weighted by molar-refractivity contribution is 14.0. The Labute approximate surface area is 179 Å². The third kappa shape index (κ3) is 6.21. The van der Waals surface area contributed by atoms with Gasteiger partial charge in [-0.15, -0.1) is 24.0 Å². The van der Waals surface area contributed by atoms with Crippen LogP contribution in [0, 0.1) is 0 Å². The van der Waals surface area contributed by atoms with Gasteiger partial charge in [-0.3, -0.25) is 9.89 Å². The Balaban J connectivity index is 0.00000261. The van der Waals surface area contributed by atoms with E-state index in [1.54, 1.807) is 6.20 Å². The van der Waals surface area contributed by atoms with Crippen molar-refractivity contribution in [1.82, 2.24) is 25.3 Å². The van der Waals surface area contributed by atoms with Crippen LogP contribution in [0.4, 0.5) is 0 Å². The molecule has 1 aromatic heterocycles. The van der Waals surface area contributed by atoms with E-state index in [4.69, 9.17) is 0 Å². The highest BCUT2D eigenvalue weighted by Gasteiger charge is 2.22. The minimum absolute atomic E-state index is 0. The number of benzene rings is 1. The molecule has 1 saturated heterocycles. The predicted molar refractivity (Wildman–Crippen MR) is 122 cm³/mol. The van der Waals surface area contributed by atoms with Crippen LogP contribution in [0.25, 0.3) is 5.69 Å². The Bertz CT molecular complexity index is 683. The van der Waals surface area contributed by atoms with Crippen molar-refractivity contribution in [2.75, 3.05) is 33.2 Å². The van der Waals surface area contributed by atoms with Gasteiger partial charge in [0.2, 0.25) is 0 Å². The molecule has 7 heteroatoms. The molecular weight excluding hydrogens is 451 g/mol. The third-order valence-corrected chi connectivity index (χ3v) is 5.05. The van der Waals surface area contributed by atoms with Crippen molar-refractivity contribution in [3.63, 3.8) is 0 Å². The molecule has 2 N–H and O–H groups in total. The molecule has 6 nitrogen and oxygen atoms in total. The number of rotatable bonds is 7. The molecule has 0 bridgehead atoms. The first kappa shape index (κ1) is 21.7. The van der Waals surface area contributed by atoms with Gasteiger partial charge in [-0.05, 0) is 56.1 Å². The molecule has 1 aliphatic heterocycles. The van der Waals surface area contributed by atoms with E-state index < -0.39 is 0 Å². The second-order valence-electron chi connectivity index (χ2n) is 6.67. The maximum atomic E-state index is 4.34. The van der Waals surface area contributed by atoms with E-state index in [1.807, 2.05) is 24.0 Å². The number of halogens is 1. The zero-order valence-electron chi connectivity index (χ0n) is 16.3. The van der Waals surface area contributed by atoms with Gasteiger partial charge >= 0.3 is 0 Å². The maximum absolute atomic E-state index is 4.34. The normalized spacial score (nSPS) is 17.6. The highest BCUT2D eigenvalue weighted by atomic mass is 127. The summed E-state index contributed by atoms with van der Waals surface area (Å²) in [6.07, 6.45) is 7.30. The Morgan fingerprint density at radius 2 is 2.07 bits per heavy atom. The van der Waals surface area contributed by atoms with Gasteiger partial charge in [0.05, 0.1) is 5.69 Å². The number of likely N-dealkylation sites (tertiary alicyclic amines) is 1. The quantitative estimate of drug-likeness (QED) is 0.362. The topological polar surface area (TPSA) is 57.5 Å². The van der Waals surface area contributed by atoms with Crippen molar-refractivity contribution in [2.24, 2.45) is 4.99 Å². The molecule has 2 heterocycles. The fourth-order valence-corrected chi connectivity index (χ4v) is 3.54. The van der Waals surface area contributed by atoms with Gasteiger partial charge in [-0.25, -0.2) is 4.68 Å². The zero-order chi connectivity index (χ0) is 18.2. The van der Waals surface area contributed by atoms with Gasteiger partial charge in [-0.2, -0.15) is 5.10 Å². The highest BCUT2D eigenvalue weighted by Crippen LogP contribution is 2.15. The van der Waals surface area contributed by atoms with E-state index in [1.165, 1.54) is 24.9 Å². The molecular formula is C20H31IN6. The molecule has 27 heavy (non-hydrogen) atoms. The molecule has 0 radical (unpaired) electrons. The lowest BCUT2D eigenvalue weighted by atomic mass is 10.1. The number of likely N-dealkylation sites (N-methyl/N-ethyl adjacent to an activating group) is 1. The average Bonchev–Trinajstić information content (AvgIpc) is 3.36. The number of nitrogens with zero attached hydrogens (tertiary/aromatic N) is 4. The lowest BCUT2D eigenvalue weighted by molar-refractivity contribution is 0.267. The molecule has 0 aliphatic carbocycles. The number of aliphatic imine (C=N–C) groups is 1. The van der Waals surface area contributed by atoms with Crippen LogP contribution in [0.15, 0.2) is 47.7 Å². The number of hydrogen-bond donors (Lipinski definition) is 2. The van der Waals surface area contributed by atoms with Crippen LogP contribution >= 0.6 is 24.0 Å². The number of nitrogens with one attached hydrogen (secondary N) is 2. The van der Waals surface area contributed by atoms with Gasteiger partial charge in [-0.1, -0.05) is 19.1 Å². The van der Waals surface area contributed by atoms with Crippen LogP contribution < -0.4 is 10.6 Å². The van der Waals surface area contributed by atoms with E-state index in [0.29, 0.717) is 6.04 Å². The minimum atomic E-state index is 0. The monoisotopic (exact) mass is 482 g/mol. The van der Waals surface area contributed by atoms with Crippen molar-refractivity contribution in [1.29, 1.82) is 0 Å². The molecule has 1 aliphatic rings. The van der Waals surface area contributed by atoms with Gasteiger partial charge in [0.15, 0.2) is 5.96 Å². The van der Waals surface area contributed by atoms with Crippen molar-refractivity contribution in [3.05, 3.63) is 48.3 Å². The molecule has 0 amide bonds. The first-order valence-electron chi connectivity index (χ1n) is 9.57. The van der Waals surface area contributed by atoms with Crippen molar-refractivity contribution in [3.8, 4) is 5.69 Å². The van der Waals surface area contributed by atoms with Crippen molar-refractivity contribution >= 4 is 29.9 Å². The second-order valence-corrected chi connectivity index (χ2v) is 6.67. The van der Waals surface area contributed by atoms with E-state index in [0.717, 1.165) is 37.7 Å². The van der Waals surface area contributed by atoms with E-state index in [9.17, 15) is 0 Å². The summed E-state index contributed by atoms with van der Waals surface area (Å²) in [6, 6.07) is 11.1. The summed E-state index contributed by atoms with van der Waals surface area (Å²) < 4.78 is 1.87. The van der Waals surface area contributed by atoms with E-state index >= 15 is 0 Å². The fourth-order valence-electron chi connectivity index (χ4n) is 3.54. The second kappa shape index (κ2) is 11.3. The van der Waals surface area contributed by atoms with Crippen LogP contribution in [0.3, 0.4) is 0 Å². The molecule has 0 spiro atoms. The molecule has 0 saturated carbocycles. The molecule has 148 valence electrons. The first-order chi connectivity index (χ1) is 12.8. The number of aromatic nitrogens is 2. The van der Waals surface area contributed by atoms with Crippen LogP contribution in [-0.4, -0.2) is 59.9 Å². The summed E-state index contributed by atoms with van der Waals surface area (Å²) in [5.41, 5.74) is 2.39. The summed E-state index contributed by atoms with van der Waals surface area (Å²) >= 11 is 0. The Hall–Kier alpha value is -1.61. The van der Waals surface area contributed by atoms with Gasteiger partial charge in [0, 0.05) is 38.6 Å².